The van der Waals surface area contributed by atoms with Gasteiger partial charge in [-0.2, -0.15) is 9.61 Å². The van der Waals surface area contributed by atoms with Crippen molar-refractivity contribution in [3.05, 3.63) is 46.0 Å². The number of nitrogens with zero attached hydrogens (tertiary/aromatic N) is 4. The highest BCUT2D eigenvalue weighted by Gasteiger charge is 2.29. The molecule has 212 valence electrons. The summed E-state index contributed by atoms with van der Waals surface area (Å²) in [7, 11) is 0.236. The zero-order chi connectivity index (χ0) is 28.3. The zero-order valence-electron chi connectivity index (χ0n) is 23.0. The van der Waals surface area contributed by atoms with Crippen LogP contribution in [0.3, 0.4) is 0 Å². The number of benzene rings is 1. The molecule has 0 radical (unpaired) electrons. The lowest BCUT2D eigenvalue weighted by atomic mass is 10.2. The first kappa shape index (κ1) is 29.1. The molecule has 39 heavy (non-hydrogen) atoms. The molecule has 0 aliphatic carbocycles. The fourth-order valence-corrected chi connectivity index (χ4v) is 5.33. The van der Waals surface area contributed by atoms with Crippen LogP contribution in [0.1, 0.15) is 28.4 Å². The number of nitrogen functional groups attached to an aromatic ring is 1. The monoisotopic (exact) mass is 578 g/mol. The van der Waals surface area contributed by atoms with Crippen LogP contribution in [0.15, 0.2) is 18.3 Å². The Bertz CT molecular complexity index is 1350. The van der Waals surface area contributed by atoms with Crippen molar-refractivity contribution < 1.29 is 23.4 Å². The normalized spacial score (nSPS) is 14.1. The minimum absolute atomic E-state index is 0.00387. The quantitative estimate of drug-likeness (QED) is 0.143. The van der Waals surface area contributed by atoms with Gasteiger partial charge in [-0.1, -0.05) is 31.2 Å². The van der Waals surface area contributed by atoms with Crippen molar-refractivity contribution in [3.8, 4) is 5.75 Å². The number of amides is 1. The number of hydrogen-bond donors (Lipinski definition) is 2. The number of halogens is 2. The third-order valence-electron chi connectivity index (χ3n) is 6.49. The molecule has 0 unspecified atom stereocenters. The van der Waals surface area contributed by atoms with Gasteiger partial charge in [0, 0.05) is 44.5 Å². The van der Waals surface area contributed by atoms with Crippen molar-refractivity contribution in [3.63, 3.8) is 0 Å². The molecule has 0 saturated heterocycles. The van der Waals surface area contributed by atoms with E-state index < -0.39 is 13.9 Å². The zero-order valence-corrected chi connectivity index (χ0v) is 24.8. The average Bonchev–Trinajstić information content (AvgIpc) is 3.47. The molecule has 0 saturated carbocycles. The molecule has 4 rings (SSSR count). The van der Waals surface area contributed by atoms with Gasteiger partial charge >= 0.3 is 0 Å². The first-order chi connectivity index (χ1) is 18.5. The van der Waals surface area contributed by atoms with Crippen LogP contribution in [-0.4, -0.2) is 68.2 Å². The van der Waals surface area contributed by atoms with E-state index in [1.807, 2.05) is 0 Å². The van der Waals surface area contributed by atoms with Crippen LogP contribution in [0, 0.1) is 5.82 Å². The topological polar surface area (TPSA) is 116 Å². The highest BCUT2D eigenvalue weighted by Crippen LogP contribution is 2.33. The van der Waals surface area contributed by atoms with Crippen LogP contribution in [-0.2, 0) is 22.5 Å². The van der Waals surface area contributed by atoms with E-state index in [0.717, 1.165) is 30.4 Å². The largest absolute Gasteiger partial charge is 0.494 e. The number of carbonyl (C=O) groups excluding carboxylic acids is 1. The number of nitrogens with two attached hydrogens (primary N) is 1. The Morgan fingerprint density at radius 1 is 1.31 bits per heavy atom. The van der Waals surface area contributed by atoms with Crippen LogP contribution >= 0.6 is 11.6 Å². The summed E-state index contributed by atoms with van der Waals surface area (Å²) in [5, 5.41) is 7.70. The van der Waals surface area contributed by atoms with Crippen molar-refractivity contribution in [1.82, 2.24) is 19.9 Å². The van der Waals surface area contributed by atoms with E-state index in [4.69, 9.17) is 31.5 Å². The third-order valence-corrected chi connectivity index (χ3v) is 8.51. The van der Waals surface area contributed by atoms with Gasteiger partial charge in [0.05, 0.1) is 32.2 Å². The van der Waals surface area contributed by atoms with E-state index in [2.05, 4.69) is 39.9 Å². The van der Waals surface area contributed by atoms with Crippen molar-refractivity contribution in [2.45, 2.75) is 51.7 Å². The molecule has 0 bridgehead atoms. The minimum atomic E-state index is -1.19. The summed E-state index contributed by atoms with van der Waals surface area (Å²) in [4.78, 5) is 19.7. The van der Waals surface area contributed by atoms with Gasteiger partial charge in [-0.25, -0.2) is 9.37 Å². The summed E-state index contributed by atoms with van der Waals surface area (Å²) < 4.78 is 32.5. The highest BCUT2D eigenvalue weighted by molar-refractivity contribution is 6.76. The lowest BCUT2D eigenvalue weighted by Gasteiger charge is -2.21. The van der Waals surface area contributed by atoms with Gasteiger partial charge in [-0.15, -0.1) is 0 Å². The maximum absolute atomic E-state index is 14.3. The van der Waals surface area contributed by atoms with Crippen molar-refractivity contribution in [2.75, 3.05) is 44.2 Å². The van der Waals surface area contributed by atoms with E-state index in [-0.39, 0.29) is 30.9 Å². The fraction of sp³-hybridized carbons (Fsp3) is 0.500. The molecule has 2 aromatic heterocycles. The molecule has 1 atom stereocenters. The Kier molecular flexibility index (Phi) is 8.99. The van der Waals surface area contributed by atoms with Gasteiger partial charge in [-0.3, -0.25) is 4.79 Å². The Labute approximate surface area is 233 Å². The second-order valence-electron chi connectivity index (χ2n) is 10.9. The number of carbonyl (C=O) groups is 1. The molecule has 0 fully saturated rings. The average molecular weight is 579 g/mol. The van der Waals surface area contributed by atoms with Crippen LogP contribution in [0.5, 0.6) is 5.75 Å². The summed E-state index contributed by atoms with van der Waals surface area (Å²) in [6.07, 6.45) is 2.21. The van der Waals surface area contributed by atoms with Crippen LogP contribution in [0.4, 0.5) is 15.9 Å². The third kappa shape index (κ3) is 6.80. The number of rotatable bonds is 12. The first-order valence-corrected chi connectivity index (χ1v) is 17.0. The van der Waals surface area contributed by atoms with E-state index in [1.54, 1.807) is 11.4 Å². The van der Waals surface area contributed by atoms with Gasteiger partial charge in [0.15, 0.2) is 5.65 Å². The second-order valence-corrected chi connectivity index (χ2v) is 16.9. The number of nitrogens with one attached hydrogen (secondary N) is 1. The summed E-state index contributed by atoms with van der Waals surface area (Å²) in [6.45, 7) is 10.7. The lowest BCUT2D eigenvalue weighted by molar-refractivity contribution is 0.0814. The lowest BCUT2D eigenvalue weighted by Crippen LogP contribution is -2.36. The Balaban J connectivity index is 1.39. The maximum Gasteiger partial charge on any atom is 0.257 e. The molecule has 0 spiro atoms. The molecule has 3 heterocycles. The predicted octanol–water partition coefficient (Wildman–Crippen LogP) is 4.12. The SMILES string of the molecule is COc1cc(F)c(COC[C@@H](C)NC(=O)c2cnn3c4c(c(Cl)nc23)CCN4COCC[Si](C)(C)C)cc1N. The molecule has 1 amide bonds. The summed E-state index contributed by atoms with van der Waals surface area (Å²) in [5.74, 6) is 0.229. The number of aromatic nitrogens is 3. The summed E-state index contributed by atoms with van der Waals surface area (Å²) in [6, 6.07) is 3.41. The molecule has 10 nitrogen and oxygen atoms in total. The molecule has 1 aliphatic rings. The molecule has 3 aromatic rings. The van der Waals surface area contributed by atoms with Crippen molar-refractivity contribution in [2.24, 2.45) is 0 Å². The number of ether oxygens (including phenoxy) is 3. The van der Waals surface area contributed by atoms with Crippen molar-refractivity contribution in [1.29, 1.82) is 0 Å². The van der Waals surface area contributed by atoms with E-state index in [1.165, 1.54) is 25.4 Å². The molecule has 1 aliphatic heterocycles. The Morgan fingerprint density at radius 2 is 2.08 bits per heavy atom. The van der Waals surface area contributed by atoms with Crippen LogP contribution in [0.25, 0.3) is 5.65 Å². The standard InChI is InChI=1S/C26H36ClFN6O4Si/c1-16(13-38-14-17-10-21(29)22(36-2)11-20(17)28)31-25(35)19-12-30-34-24(19)32-23(27)18-6-7-33(26(18)34)15-37-8-9-39(3,4)5/h10-12,16H,6-9,13-15,29H2,1-5H3,(H,31,35)/t16-/m1/s1. The summed E-state index contributed by atoms with van der Waals surface area (Å²) in [5.41, 5.74) is 8.04. The smallest absolute Gasteiger partial charge is 0.257 e. The predicted molar refractivity (Wildman–Crippen MR) is 152 cm³/mol. The molecular formula is C26H36ClFN6O4Si. The first-order valence-electron chi connectivity index (χ1n) is 12.9. The Morgan fingerprint density at radius 3 is 2.79 bits per heavy atom. The number of hydrogen-bond acceptors (Lipinski definition) is 8. The van der Waals surface area contributed by atoms with Crippen LogP contribution < -0.4 is 20.7 Å². The molecule has 13 heteroatoms. The molecule has 3 N–H and O–H groups in total. The Hall–Kier alpha value is -2.93. The van der Waals surface area contributed by atoms with Gasteiger partial charge in [0.2, 0.25) is 0 Å². The van der Waals surface area contributed by atoms with Gasteiger partial charge in [-0.05, 0) is 25.5 Å². The van der Waals surface area contributed by atoms with E-state index in [9.17, 15) is 9.18 Å². The minimum Gasteiger partial charge on any atom is -0.494 e. The number of fused-ring (bicyclic) bond motifs is 3. The maximum atomic E-state index is 14.3. The van der Waals surface area contributed by atoms with Crippen LogP contribution in [0.2, 0.25) is 30.8 Å². The van der Waals surface area contributed by atoms with Gasteiger partial charge < -0.3 is 30.2 Å². The number of methoxy groups -OCH3 is 1. The van der Waals surface area contributed by atoms with Crippen molar-refractivity contribution >= 4 is 42.7 Å². The second kappa shape index (κ2) is 12.1. The number of anilines is 2. The molecular weight excluding hydrogens is 543 g/mol. The van der Waals surface area contributed by atoms with E-state index in [0.29, 0.717) is 41.0 Å². The van der Waals surface area contributed by atoms with E-state index >= 15 is 0 Å². The van der Waals surface area contributed by atoms with Gasteiger partial charge in [0.1, 0.15) is 34.8 Å². The highest BCUT2D eigenvalue weighted by atomic mass is 35.5. The van der Waals surface area contributed by atoms with Gasteiger partial charge in [0.25, 0.3) is 5.91 Å². The fourth-order valence-electron chi connectivity index (χ4n) is 4.31. The molecule has 1 aromatic carbocycles. The summed E-state index contributed by atoms with van der Waals surface area (Å²) >= 11 is 6.53.